The molecule has 0 heterocycles. The fourth-order valence-corrected chi connectivity index (χ4v) is 3.39. The van der Waals surface area contributed by atoms with Crippen LogP contribution in [0.15, 0.2) is 28.7 Å². The molecule has 2 rings (SSSR count). The summed E-state index contributed by atoms with van der Waals surface area (Å²) >= 11 is 3.44. The largest absolute Gasteiger partial charge is 0.392 e. The smallest absolute Gasteiger partial charge is 0.0674 e. The molecule has 0 radical (unpaired) electrons. The normalized spacial score (nSPS) is 21.8. The molecule has 0 saturated heterocycles. The Morgan fingerprint density at radius 1 is 1.28 bits per heavy atom. The van der Waals surface area contributed by atoms with Gasteiger partial charge in [-0.05, 0) is 36.0 Å². The van der Waals surface area contributed by atoms with Gasteiger partial charge in [-0.25, -0.2) is 0 Å². The van der Waals surface area contributed by atoms with E-state index in [2.05, 4.69) is 35.0 Å². The fourth-order valence-electron chi connectivity index (χ4n) is 3.12. The van der Waals surface area contributed by atoms with Crippen molar-refractivity contribution >= 4 is 15.9 Å². The van der Waals surface area contributed by atoms with Crippen LogP contribution in [0.25, 0.3) is 0 Å². The Morgan fingerprint density at radius 3 is 2.33 bits per heavy atom. The molecule has 100 valence electrons. The van der Waals surface area contributed by atoms with E-state index in [0.29, 0.717) is 6.54 Å². The van der Waals surface area contributed by atoms with E-state index < -0.39 is 0 Å². The molecule has 2 unspecified atom stereocenters. The van der Waals surface area contributed by atoms with Crippen LogP contribution in [0.4, 0.5) is 0 Å². The highest BCUT2D eigenvalue weighted by molar-refractivity contribution is 9.10. The second-order valence-corrected chi connectivity index (χ2v) is 6.62. The minimum atomic E-state index is -0.342. The molecule has 0 aromatic heterocycles. The van der Waals surface area contributed by atoms with Gasteiger partial charge in [0.25, 0.3) is 0 Å². The third-order valence-corrected chi connectivity index (χ3v) is 4.92. The minimum Gasteiger partial charge on any atom is -0.392 e. The van der Waals surface area contributed by atoms with Crippen LogP contribution in [0.5, 0.6) is 0 Å². The lowest BCUT2D eigenvalue weighted by molar-refractivity contribution is 0.0213. The zero-order chi connectivity index (χ0) is 13.2. The lowest BCUT2D eigenvalue weighted by Gasteiger charge is -2.35. The molecule has 2 atom stereocenters. The molecule has 1 aliphatic rings. The Morgan fingerprint density at radius 2 is 1.83 bits per heavy atom. The minimum absolute atomic E-state index is 0.0388. The van der Waals surface area contributed by atoms with Crippen LogP contribution >= 0.6 is 15.9 Å². The van der Waals surface area contributed by atoms with Gasteiger partial charge in [-0.1, -0.05) is 47.8 Å². The second-order valence-electron chi connectivity index (χ2n) is 5.70. The Labute approximate surface area is 118 Å². The van der Waals surface area contributed by atoms with Crippen LogP contribution in [-0.4, -0.2) is 17.8 Å². The van der Waals surface area contributed by atoms with Crippen molar-refractivity contribution in [1.29, 1.82) is 0 Å². The van der Waals surface area contributed by atoms with Gasteiger partial charge < -0.3 is 10.8 Å². The first-order valence-corrected chi connectivity index (χ1v) is 7.50. The van der Waals surface area contributed by atoms with Crippen molar-refractivity contribution in [1.82, 2.24) is 0 Å². The van der Waals surface area contributed by atoms with Crippen LogP contribution < -0.4 is 5.73 Å². The third-order valence-electron chi connectivity index (χ3n) is 4.39. The molecule has 3 N–H and O–H groups in total. The Bertz CT molecular complexity index is 384. The van der Waals surface area contributed by atoms with Crippen molar-refractivity contribution in [2.75, 3.05) is 6.54 Å². The molecule has 3 heteroatoms. The summed E-state index contributed by atoms with van der Waals surface area (Å²) in [5, 5.41) is 10.7. The molecule has 1 aromatic carbocycles. The van der Waals surface area contributed by atoms with Gasteiger partial charge in [-0.3, -0.25) is 0 Å². The summed E-state index contributed by atoms with van der Waals surface area (Å²) in [4.78, 5) is 0. The van der Waals surface area contributed by atoms with Crippen LogP contribution in [0.2, 0.25) is 0 Å². The van der Waals surface area contributed by atoms with Gasteiger partial charge >= 0.3 is 0 Å². The fraction of sp³-hybridized carbons (Fsp3) is 0.600. The van der Waals surface area contributed by atoms with E-state index in [1.54, 1.807) is 0 Å². The van der Waals surface area contributed by atoms with Crippen molar-refractivity contribution < 1.29 is 5.11 Å². The van der Waals surface area contributed by atoms with Gasteiger partial charge in [0.2, 0.25) is 0 Å². The molecule has 18 heavy (non-hydrogen) atoms. The van der Waals surface area contributed by atoms with E-state index in [0.717, 1.165) is 22.9 Å². The predicted octanol–water partition coefficient (Wildman–Crippen LogP) is 3.43. The molecule has 0 bridgehead atoms. The van der Waals surface area contributed by atoms with Crippen molar-refractivity contribution in [2.45, 2.75) is 44.6 Å². The number of hydrogen-bond acceptors (Lipinski definition) is 2. The molecule has 2 nitrogen and oxygen atoms in total. The number of aliphatic hydroxyl groups excluding tert-OH is 1. The van der Waals surface area contributed by atoms with Crippen molar-refractivity contribution in [3.63, 3.8) is 0 Å². The molecule has 0 spiro atoms. The summed E-state index contributed by atoms with van der Waals surface area (Å²) in [7, 11) is 0. The summed E-state index contributed by atoms with van der Waals surface area (Å²) < 4.78 is 1.06. The van der Waals surface area contributed by atoms with Gasteiger partial charge in [-0.15, -0.1) is 0 Å². The van der Waals surface area contributed by atoms with E-state index in [-0.39, 0.29) is 17.4 Å². The summed E-state index contributed by atoms with van der Waals surface area (Å²) in [6, 6.07) is 8.15. The molecule has 1 saturated carbocycles. The second kappa shape index (κ2) is 5.72. The quantitative estimate of drug-likeness (QED) is 0.895. The maximum absolute atomic E-state index is 10.7. The van der Waals surface area contributed by atoms with Gasteiger partial charge in [0.15, 0.2) is 0 Å². The highest BCUT2D eigenvalue weighted by Gasteiger charge is 2.40. The number of hydrogen-bond donors (Lipinski definition) is 2. The maximum atomic E-state index is 10.7. The van der Waals surface area contributed by atoms with Crippen molar-refractivity contribution in [3.8, 4) is 0 Å². The summed E-state index contributed by atoms with van der Waals surface area (Å²) in [5.74, 6) is 0.0428. The summed E-state index contributed by atoms with van der Waals surface area (Å²) in [5.41, 5.74) is 7.08. The standard InChI is InChI=1S/C15H22BrNO/c1-15(8-2-3-9-15)14(18)13(10-17)11-4-6-12(16)7-5-11/h4-7,13-14,18H,2-3,8-10,17H2,1H3. The lowest BCUT2D eigenvalue weighted by atomic mass is 9.74. The number of benzene rings is 1. The van der Waals surface area contributed by atoms with Crippen LogP contribution in [0.3, 0.4) is 0 Å². The number of rotatable bonds is 4. The molecule has 1 fully saturated rings. The lowest BCUT2D eigenvalue weighted by Crippen LogP contribution is -2.38. The summed E-state index contributed by atoms with van der Waals surface area (Å²) in [6.07, 6.45) is 4.34. The zero-order valence-electron chi connectivity index (χ0n) is 10.9. The van der Waals surface area contributed by atoms with E-state index >= 15 is 0 Å². The highest BCUT2D eigenvalue weighted by Crippen LogP contribution is 2.44. The van der Waals surface area contributed by atoms with Crippen molar-refractivity contribution in [3.05, 3.63) is 34.3 Å². The monoisotopic (exact) mass is 311 g/mol. The Hall–Kier alpha value is -0.380. The van der Waals surface area contributed by atoms with E-state index in [1.165, 1.54) is 12.8 Å². The number of nitrogens with two attached hydrogens (primary N) is 1. The number of halogens is 1. The third kappa shape index (κ3) is 2.79. The first-order chi connectivity index (χ1) is 8.57. The van der Waals surface area contributed by atoms with Crippen LogP contribution in [0.1, 0.15) is 44.1 Å². The maximum Gasteiger partial charge on any atom is 0.0674 e. The SMILES string of the molecule is CC1(C(O)C(CN)c2ccc(Br)cc2)CCCC1. The predicted molar refractivity (Wildman–Crippen MR) is 78.5 cm³/mol. The van der Waals surface area contributed by atoms with E-state index in [1.807, 2.05) is 12.1 Å². The first-order valence-electron chi connectivity index (χ1n) is 6.70. The topological polar surface area (TPSA) is 46.2 Å². The van der Waals surface area contributed by atoms with Gasteiger partial charge in [0.05, 0.1) is 6.10 Å². The van der Waals surface area contributed by atoms with Gasteiger partial charge in [0, 0.05) is 16.9 Å². The van der Waals surface area contributed by atoms with Gasteiger partial charge in [0.1, 0.15) is 0 Å². The average molecular weight is 312 g/mol. The number of aliphatic hydroxyl groups is 1. The Balaban J connectivity index is 2.20. The van der Waals surface area contributed by atoms with Crippen LogP contribution in [0, 0.1) is 5.41 Å². The zero-order valence-corrected chi connectivity index (χ0v) is 12.5. The highest BCUT2D eigenvalue weighted by atomic mass is 79.9. The first kappa shape index (κ1) is 14.0. The van der Waals surface area contributed by atoms with Crippen molar-refractivity contribution in [2.24, 2.45) is 11.1 Å². The molecular weight excluding hydrogens is 290 g/mol. The van der Waals surface area contributed by atoms with E-state index in [9.17, 15) is 5.11 Å². The Kier molecular flexibility index (Phi) is 4.46. The van der Waals surface area contributed by atoms with E-state index in [4.69, 9.17) is 5.73 Å². The summed E-state index contributed by atoms with van der Waals surface area (Å²) in [6.45, 7) is 2.70. The molecule has 0 amide bonds. The van der Waals surface area contributed by atoms with Gasteiger partial charge in [-0.2, -0.15) is 0 Å². The van der Waals surface area contributed by atoms with Crippen LogP contribution in [-0.2, 0) is 0 Å². The molecule has 0 aliphatic heterocycles. The molecule has 1 aromatic rings. The molecule has 1 aliphatic carbocycles. The average Bonchev–Trinajstić information content (AvgIpc) is 2.81. The molecular formula is C15H22BrNO.